The number of hydrogen-bond acceptors (Lipinski definition) is 2. The first-order valence-corrected chi connectivity index (χ1v) is 7.98. The van der Waals surface area contributed by atoms with Gasteiger partial charge in [0.15, 0.2) is 0 Å². The molecule has 0 spiro atoms. The van der Waals surface area contributed by atoms with Gasteiger partial charge in [0.05, 0.1) is 0 Å². The number of benzene rings is 2. The number of amides is 1. The molecule has 23 heavy (non-hydrogen) atoms. The van der Waals surface area contributed by atoms with Gasteiger partial charge < -0.3 is 10.6 Å². The first-order chi connectivity index (χ1) is 10.7. The van der Waals surface area contributed by atoms with Crippen LogP contribution >= 0.6 is 24.0 Å². The average Bonchev–Trinajstić information content (AvgIpc) is 2.56. The molecule has 1 fully saturated rings. The van der Waals surface area contributed by atoms with E-state index in [1.807, 2.05) is 12.1 Å². The van der Waals surface area contributed by atoms with Crippen LogP contribution in [0.4, 0.5) is 5.69 Å². The van der Waals surface area contributed by atoms with E-state index in [0.29, 0.717) is 16.5 Å². The van der Waals surface area contributed by atoms with Crippen molar-refractivity contribution in [2.24, 2.45) is 0 Å². The second-order valence-corrected chi connectivity index (χ2v) is 6.07. The van der Waals surface area contributed by atoms with E-state index >= 15 is 0 Å². The third-order valence-corrected chi connectivity index (χ3v) is 4.26. The number of halogens is 2. The van der Waals surface area contributed by atoms with Crippen LogP contribution in [0.25, 0.3) is 0 Å². The molecule has 1 saturated heterocycles. The van der Waals surface area contributed by atoms with Crippen LogP contribution in [-0.2, 0) is 0 Å². The highest BCUT2D eigenvalue weighted by Crippen LogP contribution is 2.24. The van der Waals surface area contributed by atoms with Gasteiger partial charge in [0.1, 0.15) is 0 Å². The van der Waals surface area contributed by atoms with Crippen LogP contribution in [0.15, 0.2) is 48.5 Å². The van der Waals surface area contributed by atoms with Crippen LogP contribution in [-0.4, -0.2) is 19.0 Å². The van der Waals surface area contributed by atoms with E-state index in [9.17, 15) is 4.79 Å². The lowest BCUT2D eigenvalue weighted by Crippen LogP contribution is -2.28. The van der Waals surface area contributed by atoms with Crippen molar-refractivity contribution in [1.29, 1.82) is 0 Å². The van der Waals surface area contributed by atoms with Crippen molar-refractivity contribution in [3.05, 3.63) is 64.7 Å². The molecule has 0 radical (unpaired) electrons. The van der Waals surface area contributed by atoms with Crippen LogP contribution in [0.3, 0.4) is 0 Å². The fourth-order valence-corrected chi connectivity index (χ4v) is 3.00. The number of rotatable bonds is 3. The highest BCUT2D eigenvalue weighted by Gasteiger charge is 2.15. The summed E-state index contributed by atoms with van der Waals surface area (Å²) in [5.41, 5.74) is 2.69. The molecule has 2 N–H and O–H groups in total. The molecule has 0 aromatic heterocycles. The second-order valence-electron chi connectivity index (χ2n) is 5.63. The number of carbonyl (C=O) groups is 1. The monoisotopic (exact) mass is 350 g/mol. The van der Waals surface area contributed by atoms with Gasteiger partial charge in [-0.3, -0.25) is 4.79 Å². The molecule has 0 aliphatic carbocycles. The molecule has 1 aliphatic heterocycles. The predicted molar refractivity (Wildman–Crippen MR) is 97.9 cm³/mol. The number of nitrogens with one attached hydrogen (secondary N) is 2. The summed E-state index contributed by atoms with van der Waals surface area (Å²) in [6.07, 6.45) is 2.44. The van der Waals surface area contributed by atoms with Gasteiger partial charge in [-0.15, -0.1) is 12.4 Å². The lowest BCUT2D eigenvalue weighted by atomic mass is 9.91. The zero-order valence-electron chi connectivity index (χ0n) is 12.7. The first-order valence-electron chi connectivity index (χ1n) is 7.60. The molecule has 2 aromatic rings. The molecule has 3 rings (SSSR count). The topological polar surface area (TPSA) is 41.1 Å². The van der Waals surface area contributed by atoms with Crippen molar-refractivity contribution in [2.75, 3.05) is 18.4 Å². The van der Waals surface area contributed by atoms with Gasteiger partial charge in [-0.05, 0) is 61.2 Å². The highest BCUT2D eigenvalue weighted by molar-refractivity contribution is 6.31. The first kappa shape index (κ1) is 17.8. The number of carbonyl (C=O) groups excluding carboxylic acids is 1. The Labute approximate surface area is 147 Å². The van der Waals surface area contributed by atoms with Crippen LogP contribution in [0.1, 0.15) is 34.7 Å². The molecule has 1 amide bonds. The molecule has 1 aliphatic rings. The van der Waals surface area contributed by atoms with Crippen molar-refractivity contribution in [3.8, 4) is 0 Å². The van der Waals surface area contributed by atoms with Crippen molar-refractivity contribution in [1.82, 2.24) is 5.32 Å². The zero-order chi connectivity index (χ0) is 15.4. The van der Waals surface area contributed by atoms with Gasteiger partial charge in [0.25, 0.3) is 5.91 Å². The Morgan fingerprint density at radius 3 is 2.61 bits per heavy atom. The Bertz CT molecular complexity index is 652. The van der Waals surface area contributed by atoms with Crippen molar-refractivity contribution in [2.45, 2.75) is 18.8 Å². The summed E-state index contributed by atoms with van der Waals surface area (Å²) < 4.78 is 0. The van der Waals surface area contributed by atoms with Crippen molar-refractivity contribution in [3.63, 3.8) is 0 Å². The molecular formula is C18H20Cl2N2O. The Balaban J connectivity index is 0.00000192. The van der Waals surface area contributed by atoms with E-state index in [1.165, 1.54) is 18.4 Å². The maximum absolute atomic E-state index is 12.2. The summed E-state index contributed by atoms with van der Waals surface area (Å²) in [7, 11) is 0. The highest BCUT2D eigenvalue weighted by atomic mass is 35.5. The fourth-order valence-electron chi connectivity index (χ4n) is 2.81. The summed E-state index contributed by atoms with van der Waals surface area (Å²) in [6, 6.07) is 15.1. The van der Waals surface area contributed by atoms with Crippen molar-refractivity contribution < 1.29 is 4.79 Å². The lowest BCUT2D eigenvalue weighted by Gasteiger charge is -2.23. The van der Waals surface area contributed by atoms with Crippen LogP contribution in [0.2, 0.25) is 5.02 Å². The van der Waals surface area contributed by atoms with Gasteiger partial charge >= 0.3 is 0 Å². The van der Waals surface area contributed by atoms with E-state index in [-0.39, 0.29) is 18.3 Å². The third kappa shape index (κ3) is 4.71. The molecule has 1 heterocycles. The predicted octanol–water partition coefficient (Wildman–Crippen LogP) is 4.48. The summed E-state index contributed by atoms with van der Waals surface area (Å²) in [4.78, 5) is 12.2. The number of piperidine rings is 1. The molecule has 0 bridgehead atoms. The summed E-state index contributed by atoms with van der Waals surface area (Å²) in [5, 5.41) is 6.89. The van der Waals surface area contributed by atoms with Crippen molar-refractivity contribution >= 4 is 35.6 Å². The Hall–Kier alpha value is -1.55. The van der Waals surface area contributed by atoms with Crippen LogP contribution < -0.4 is 10.6 Å². The summed E-state index contributed by atoms with van der Waals surface area (Å²) in [5.74, 6) is 0.431. The van der Waals surface area contributed by atoms with E-state index in [2.05, 4.69) is 22.8 Å². The molecule has 1 unspecified atom stereocenters. The smallest absolute Gasteiger partial charge is 0.255 e. The van der Waals surface area contributed by atoms with Gasteiger partial charge in [-0.1, -0.05) is 29.8 Å². The number of hydrogen-bond donors (Lipinski definition) is 2. The summed E-state index contributed by atoms with van der Waals surface area (Å²) >= 11 is 5.91. The number of anilines is 1. The van der Waals surface area contributed by atoms with Gasteiger partial charge in [0.2, 0.25) is 0 Å². The minimum atomic E-state index is -0.144. The van der Waals surface area contributed by atoms with Crippen LogP contribution in [0, 0.1) is 0 Å². The minimum absolute atomic E-state index is 0. The molecule has 122 valence electrons. The Morgan fingerprint density at radius 1 is 1.17 bits per heavy atom. The Kier molecular flexibility index (Phi) is 6.46. The fraction of sp³-hybridized carbons (Fsp3) is 0.278. The van der Waals surface area contributed by atoms with Gasteiger partial charge in [0, 0.05) is 22.8 Å². The largest absolute Gasteiger partial charge is 0.322 e. The maximum atomic E-state index is 12.2. The van der Waals surface area contributed by atoms with E-state index in [4.69, 9.17) is 11.6 Å². The quantitative estimate of drug-likeness (QED) is 0.856. The molecule has 3 nitrogen and oxygen atoms in total. The molecule has 0 saturated carbocycles. The maximum Gasteiger partial charge on any atom is 0.255 e. The minimum Gasteiger partial charge on any atom is -0.322 e. The lowest BCUT2D eigenvalue weighted by molar-refractivity contribution is 0.102. The van der Waals surface area contributed by atoms with Crippen LogP contribution in [0.5, 0.6) is 0 Å². The Morgan fingerprint density at radius 2 is 1.96 bits per heavy atom. The zero-order valence-corrected chi connectivity index (χ0v) is 14.3. The standard InChI is InChI=1S/C18H19ClN2O.ClH/c19-16-5-1-3-14(11-16)18(22)21-17-8-6-13(7-9-17)15-4-2-10-20-12-15;/h1,3,5-9,11,15,20H,2,4,10,12H2,(H,21,22);1H. The second kappa shape index (κ2) is 8.34. The third-order valence-electron chi connectivity index (χ3n) is 4.02. The molecule has 1 atom stereocenters. The normalized spacial score (nSPS) is 17.2. The van der Waals surface area contributed by atoms with Gasteiger partial charge in [-0.2, -0.15) is 0 Å². The SMILES string of the molecule is Cl.O=C(Nc1ccc(C2CCCNC2)cc1)c1cccc(Cl)c1. The van der Waals surface area contributed by atoms with E-state index < -0.39 is 0 Å². The summed E-state index contributed by atoms with van der Waals surface area (Å²) in [6.45, 7) is 2.15. The van der Waals surface area contributed by atoms with Gasteiger partial charge in [-0.25, -0.2) is 0 Å². The van der Waals surface area contributed by atoms with E-state index in [1.54, 1.807) is 24.3 Å². The molecule has 2 aromatic carbocycles. The average molecular weight is 351 g/mol. The molecule has 5 heteroatoms. The van der Waals surface area contributed by atoms with E-state index in [0.717, 1.165) is 18.8 Å². The molecular weight excluding hydrogens is 331 g/mol.